The highest BCUT2D eigenvalue weighted by Gasteiger charge is 2.21. The van der Waals surface area contributed by atoms with E-state index in [9.17, 15) is 0 Å². The Bertz CT molecular complexity index is 616. The van der Waals surface area contributed by atoms with Gasteiger partial charge in [0.25, 0.3) is 0 Å². The van der Waals surface area contributed by atoms with Crippen molar-refractivity contribution in [3.05, 3.63) is 45.9 Å². The van der Waals surface area contributed by atoms with Gasteiger partial charge in [0, 0.05) is 23.3 Å². The van der Waals surface area contributed by atoms with E-state index in [2.05, 4.69) is 51.3 Å². The van der Waals surface area contributed by atoms with Gasteiger partial charge in [-0.25, -0.2) is 4.98 Å². The van der Waals surface area contributed by atoms with E-state index in [-0.39, 0.29) is 11.3 Å². The Morgan fingerprint density at radius 2 is 2.09 bits per heavy atom. The molecule has 0 aliphatic carbocycles. The molecule has 1 heterocycles. The minimum atomic E-state index is 0.0851. The van der Waals surface area contributed by atoms with Gasteiger partial charge in [0.15, 0.2) is 0 Å². The largest absolute Gasteiger partial charge is 0.494 e. The first kappa shape index (κ1) is 18.0. The summed E-state index contributed by atoms with van der Waals surface area (Å²) in [7, 11) is 0. The van der Waals surface area contributed by atoms with Gasteiger partial charge in [-0.3, -0.25) is 0 Å². The molecule has 1 aromatic carbocycles. The highest BCUT2D eigenvalue weighted by molar-refractivity contribution is 7.09. The number of hydrogen-bond donors (Lipinski definition) is 1. The van der Waals surface area contributed by atoms with Crippen LogP contribution in [0.5, 0.6) is 5.75 Å². The van der Waals surface area contributed by atoms with E-state index < -0.39 is 0 Å². The SMILES string of the molecule is CCCOc1cccc(CC(CN)c2nc(C(C)(C)C)cs2)c1. The second-order valence-corrected chi connectivity index (χ2v) is 7.84. The van der Waals surface area contributed by atoms with Crippen molar-refractivity contribution >= 4 is 11.3 Å². The molecule has 4 heteroatoms. The minimum absolute atomic E-state index is 0.0851. The van der Waals surface area contributed by atoms with E-state index >= 15 is 0 Å². The molecular weight excluding hydrogens is 304 g/mol. The molecular formula is C19H28N2OS. The zero-order chi connectivity index (χ0) is 16.9. The predicted octanol–water partition coefficient (Wildman–Crippen LogP) is 4.51. The van der Waals surface area contributed by atoms with Crippen molar-refractivity contribution in [3.63, 3.8) is 0 Å². The monoisotopic (exact) mass is 332 g/mol. The van der Waals surface area contributed by atoms with Crippen molar-refractivity contribution in [2.45, 2.75) is 51.9 Å². The Balaban J connectivity index is 2.11. The van der Waals surface area contributed by atoms with Gasteiger partial charge < -0.3 is 10.5 Å². The molecule has 0 amide bonds. The molecule has 0 fully saturated rings. The quantitative estimate of drug-likeness (QED) is 0.811. The van der Waals surface area contributed by atoms with Crippen LogP contribution in [0.15, 0.2) is 29.6 Å². The first-order chi connectivity index (χ1) is 10.9. The second-order valence-electron chi connectivity index (χ2n) is 6.95. The maximum atomic E-state index is 6.02. The molecule has 0 saturated heterocycles. The van der Waals surface area contributed by atoms with Gasteiger partial charge in [0.1, 0.15) is 5.75 Å². The summed E-state index contributed by atoms with van der Waals surface area (Å²) in [6.45, 7) is 10.1. The average molecular weight is 333 g/mol. The third-order valence-corrected chi connectivity index (χ3v) is 4.78. The number of thiazole rings is 1. The third-order valence-electron chi connectivity index (χ3n) is 3.78. The van der Waals surface area contributed by atoms with Crippen LogP contribution < -0.4 is 10.5 Å². The lowest BCUT2D eigenvalue weighted by Gasteiger charge is -2.16. The van der Waals surface area contributed by atoms with Crippen molar-refractivity contribution in [1.82, 2.24) is 4.98 Å². The lowest BCUT2D eigenvalue weighted by molar-refractivity contribution is 0.317. The fourth-order valence-corrected chi connectivity index (χ4v) is 3.52. The Labute approximate surface area is 143 Å². The standard InChI is InChI=1S/C19H28N2OS/c1-5-9-22-16-8-6-7-14(11-16)10-15(12-20)18-21-17(13-23-18)19(2,3)4/h6-8,11,13,15H,5,9-10,12,20H2,1-4H3. The molecule has 1 atom stereocenters. The lowest BCUT2D eigenvalue weighted by atomic mass is 9.93. The number of hydrogen-bond acceptors (Lipinski definition) is 4. The highest BCUT2D eigenvalue weighted by Crippen LogP contribution is 2.29. The molecule has 0 radical (unpaired) electrons. The van der Waals surface area contributed by atoms with Gasteiger partial charge in [-0.2, -0.15) is 0 Å². The molecule has 2 rings (SSSR count). The zero-order valence-electron chi connectivity index (χ0n) is 14.6. The predicted molar refractivity (Wildman–Crippen MR) is 98.5 cm³/mol. The molecule has 0 aliphatic rings. The Morgan fingerprint density at radius 3 is 2.70 bits per heavy atom. The van der Waals surface area contributed by atoms with Gasteiger partial charge >= 0.3 is 0 Å². The van der Waals surface area contributed by atoms with Crippen LogP contribution in [0, 0.1) is 0 Å². The Kier molecular flexibility index (Phi) is 6.19. The molecule has 1 aromatic heterocycles. The van der Waals surface area contributed by atoms with E-state index in [1.54, 1.807) is 11.3 Å². The van der Waals surface area contributed by atoms with Crippen molar-refractivity contribution in [1.29, 1.82) is 0 Å². The summed E-state index contributed by atoms with van der Waals surface area (Å²) in [5.74, 6) is 1.20. The van der Waals surface area contributed by atoms with Crippen LogP contribution in [0.4, 0.5) is 0 Å². The molecule has 3 nitrogen and oxygen atoms in total. The van der Waals surface area contributed by atoms with E-state index in [1.165, 1.54) is 5.56 Å². The van der Waals surface area contributed by atoms with Crippen molar-refractivity contribution < 1.29 is 4.74 Å². The number of nitrogens with zero attached hydrogens (tertiary/aromatic N) is 1. The van der Waals surface area contributed by atoms with Crippen LogP contribution in [-0.2, 0) is 11.8 Å². The first-order valence-electron chi connectivity index (χ1n) is 8.31. The highest BCUT2D eigenvalue weighted by atomic mass is 32.1. The van der Waals surface area contributed by atoms with Crippen molar-refractivity contribution in [3.8, 4) is 5.75 Å². The lowest BCUT2D eigenvalue weighted by Crippen LogP contribution is -2.16. The van der Waals surface area contributed by atoms with Gasteiger partial charge in [-0.1, -0.05) is 39.8 Å². The smallest absolute Gasteiger partial charge is 0.119 e. The summed E-state index contributed by atoms with van der Waals surface area (Å²) < 4.78 is 5.72. The maximum absolute atomic E-state index is 6.02. The number of aromatic nitrogens is 1. The summed E-state index contributed by atoms with van der Waals surface area (Å²) in [6, 6.07) is 8.32. The molecule has 0 aliphatic heterocycles. The van der Waals surface area contributed by atoms with Crippen LogP contribution in [0.2, 0.25) is 0 Å². The number of nitrogens with two attached hydrogens (primary N) is 1. The van der Waals surface area contributed by atoms with Gasteiger partial charge in [-0.05, 0) is 30.5 Å². The molecule has 0 spiro atoms. The number of benzene rings is 1. The second kappa shape index (κ2) is 7.93. The zero-order valence-corrected chi connectivity index (χ0v) is 15.5. The van der Waals surface area contributed by atoms with Crippen molar-refractivity contribution in [2.24, 2.45) is 5.73 Å². The molecule has 0 bridgehead atoms. The topological polar surface area (TPSA) is 48.1 Å². The van der Waals surface area contributed by atoms with Crippen LogP contribution >= 0.6 is 11.3 Å². The maximum Gasteiger partial charge on any atom is 0.119 e. The van der Waals surface area contributed by atoms with Crippen molar-refractivity contribution in [2.75, 3.05) is 13.2 Å². The number of ether oxygens (including phenoxy) is 1. The average Bonchev–Trinajstić information content (AvgIpc) is 3.01. The normalized spacial score (nSPS) is 13.1. The first-order valence-corrected chi connectivity index (χ1v) is 9.19. The summed E-state index contributed by atoms with van der Waals surface area (Å²) in [5, 5.41) is 3.30. The fourth-order valence-electron chi connectivity index (χ4n) is 2.36. The third kappa shape index (κ3) is 5.05. The van der Waals surface area contributed by atoms with E-state index in [4.69, 9.17) is 15.5 Å². The summed E-state index contributed by atoms with van der Waals surface area (Å²) >= 11 is 1.72. The number of rotatable bonds is 7. The van der Waals surface area contributed by atoms with Crippen LogP contribution in [-0.4, -0.2) is 18.1 Å². The van der Waals surface area contributed by atoms with Gasteiger partial charge in [0.2, 0.25) is 0 Å². The van der Waals surface area contributed by atoms with Gasteiger partial charge in [0.05, 0.1) is 17.3 Å². The summed E-state index contributed by atoms with van der Waals surface area (Å²) in [4.78, 5) is 4.83. The van der Waals surface area contributed by atoms with E-state index in [1.807, 2.05) is 6.07 Å². The van der Waals surface area contributed by atoms with Crippen LogP contribution in [0.25, 0.3) is 0 Å². The molecule has 2 aromatic rings. The molecule has 0 saturated carbocycles. The molecule has 1 unspecified atom stereocenters. The summed E-state index contributed by atoms with van der Waals surface area (Å²) in [6.07, 6.45) is 1.92. The fraction of sp³-hybridized carbons (Fsp3) is 0.526. The Morgan fingerprint density at radius 1 is 1.30 bits per heavy atom. The van der Waals surface area contributed by atoms with Crippen LogP contribution in [0.1, 0.15) is 56.3 Å². The van der Waals surface area contributed by atoms with E-state index in [0.29, 0.717) is 6.54 Å². The molecule has 126 valence electrons. The van der Waals surface area contributed by atoms with E-state index in [0.717, 1.165) is 35.9 Å². The summed E-state index contributed by atoms with van der Waals surface area (Å²) in [5.41, 5.74) is 8.51. The molecule has 23 heavy (non-hydrogen) atoms. The molecule has 2 N–H and O–H groups in total. The minimum Gasteiger partial charge on any atom is -0.494 e. The van der Waals surface area contributed by atoms with Gasteiger partial charge in [-0.15, -0.1) is 11.3 Å². The Hall–Kier alpha value is -1.39. The van der Waals surface area contributed by atoms with Crippen LogP contribution in [0.3, 0.4) is 0 Å².